The Morgan fingerprint density at radius 3 is 2.30 bits per heavy atom. The van der Waals surface area contributed by atoms with Gasteiger partial charge in [-0.3, -0.25) is 5.43 Å². The molecule has 0 radical (unpaired) electrons. The summed E-state index contributed by atoms with van der Waals surface area (Å²) in [4.78, 5) is 0. The van der Waals surface area contributed by atoms with Crippen molar-refractivity contribution in [2.45, 2.75) is 13.3 Å². The van der Waals surface area contributed by atoms with E-state index in [4.69, 9.17) is 51.1 Å². The molecule has 0 aliphatic heterocycles. The van der Waals surface area contributed by atoms with Crippen LogP contribution in [0.15, 0.2) is 35.4 Å². The third kappa shape index (κ3) is 5.18. The molecular formula is C16H14Cl4N2O. The molecule has 0 bridgehead atoms. The van der Waals surface area contributed by atoms with Crippen molar-refractivity contribution in [2.24, 2.45) is 5.10 Å². The molecule has 0 unspecified atom stereocenters. The van der Waals surface area contributed by atoms with Crippen molar-refractivity contribution < 1.29 is 4.74 Å². The van der Waals surface area contributed by atoms with Crippen LogP contribution in [0.3, 0.4) is 0 Å². The zero-order valence-electron chi connectivity index (χ0n) is 12.2. The lowest BCUT2D eigenvalue weighted by Gasteiger charge is -2.09. The third-order valence-corrected chi connectivity index (χ3v) is 4.10. The molecule has 7 heteroatoms. The Hall–Kier alpha value is -1.13. The Morgan fingerprint density at radius 1 is 1.00 bits per heavy atom. The molecule has 0 heterocycles. The quantitative estimate of drug-likeness (QED) is 0.448. The van der Waals surface area contributed by atoms with E-state index < -0.39 is 0 Å². The van der Waals surface area contributed by atoms with Gasteiger partial charge in [-0.2, -0.15) is 5.10 Å². The maximum Gasteiger partial charge on any atom is 0.156 e. The summed E-state index contributed by atoms with van der Waals surface area (Å²) in [7, 11) is 0. The molecule has 0 spiro atoms. The minimum atomic E-state index is 0.446. The zero-order valence-corrected chi connectivity index (χ0v) is 15.3. The summed E-state index contributed by atoms with van der Waals surface area (Å²) >= 11 is 24.2. The van der Waals surface area contributed by atoms with E-state index in [1.807, 2.05) is 6.92 Å². The number of rotatable bonds is 6. The minimum absolute atomic E-state index is 0.446. The summed E-state index contributed by atoms with van der Waals surface area (Å²) in [5.74, 6) is 0.491. The number of halogens is 4. The average Bonchev–Trinajstić information content (AvgIpc) is 2.50. The fraction of sp³-hybridized carbons (Fsp3) is 0.188. The van der Waals surface area contributed by atoms with Crippen molar-refractivity contribution in [3.05, 3.63) is 56.0 Å². The zero-order chi connectivity index (χ0) is 16.8. The molecule has 0 fully saturated rings. The molecule has 2 rings (SSSR count). The lowest BCUT2D eigenvalue weighted by atomic mass is 10.2. The van der Waals surface area contributed by atoms with E-state index in [1.54, 1.807) is 36.5 Å². The molecular weight excluding hydrogens is 378 g/mol. The first-order valence-corrected chi connectivity index (χ1v) is 8.38. The van der Waals surface area contributed by atoms with E-state index in [0.29, 0.717) is 32.4 Å². The predicted octanol–water partition coefficient (Wildman–Crippen LogP) is 6.54. The second-order valence-electron chi connectivity index (χ2n) is 4.66. The Labute approximate surface area is 155 Å². The molecule has 3 nitrogen and oxygen atoms in total. The van der Waals surface area contributed by atoms with Gasteiger partial charge in [-0.1, -0.05) is 53.3 Å². The predicted molar refractivity (Wildman–Crippen MR) is 99.9 cm³/mol. The summed E-state index contributed by atoms with van der Waals surface area (Å²) in [5.41, 5.74) is 4.32. The molecule has 2 aromatic carbocycles. The highest BCUT2D eigenvalue weighted by Crippen LogP contribution is 2.34. The van der Waals surface area contributed by atoms with Gasteiger partial charge in [-0.05, 0) is 42.3 Å². The number of hydrogen-bond donors (Lipinski definition) is 1. The fourth-order valence-corrected chi connectivity index (χ4v) is 2.65. The van der Waals surface area contributed by atoms with Crippen molar-refractivity contribution in [1.82, 2.24) is 0 Å². The van der Waals surface area contributed by atoms with Crippen LogP contribution in [0, 0.1) is 0 Å². The maximum atomic E-state index is 6.18. The number of ether oxygens (including phenoxy) is 1. The number of anilines is 1. The molecule has 0 amide bonds. The number of nitrogens with zero attached hydrogens (tertiary/aromatic N) is 1. The first-order valence-electron chi connectivity index (χ1n) is 6.87. The third-order valence-electron chi connectivity index (χ3n) is 2.80. The van der Waals surface area contributed by atoms with Crippen molar-refractivity contribution in [3.63, 3.8) is 0 Å². The minimum Gasteiger partial charge on any atom is -0.490 e. The number of nitrogens with one attached hydrogen (secondary N) is 1. The van der Waals surface area contributed by atoms with Gasteiger partial charge in [-0.25, -0.2) is 0 Å². The van der Waals surface area contributed by atoms with Gasteiger partial charge in [0, 0.05) is 0 Å². The Morgan fingerprint density at radius 2 is 1.70 bits per heavy atom. The number of hydrogen-bond acceptors (Lipinski definition) is 3. The van der Waals surface area contributed by atoms with E-state index in [-0.39, 0.29) is 0 Å². The van der Waals surface area contributed by atoms with Gasteiger partial charge in [0.25, 0.3) is 0 Å². The fourth-order valence-electron chi connectivity index (χ4n) is 1.74. The van der Waals surface area contributed by atoms with Crippen LogP contribution in [0.1, 0.15) is 18.9 Å². The summed E-state index contributed by atoms with van der Waals surface area (Å²) in [6.07, 6.45) is 2.48. The highest BCUT2D eigenvalue weighted by molar-refractivity contribution is 6.42. The van der Waals surface area contributed by atoms with E-state index in [0.717, 1.165) is 17.7 Å². The molecule has 1 N–H and O–H groups in total. The summed E-state index contributed by atoms with van der Waals surface area (Å²) in [6, 6.07) is 8.61. The lowest BCUT2D eigenvalue weighted by Crippen LogP contribution is -1.97. The number of benzene rings is 2. The van der Waals surface area contributed by atoms with E-state index >= 15 is 0 Å². The van der Waals surface area contributed by atoms with Crippen molar-refractivity contribution in [3.8, 4) is 5.75 Å². The van der Waals surface area contributed by atoms with Gasteiger partial charge in [0.1, 0.15) is 0 Å². The second-order valence-corrected chi connectivity index (χ2v) is 6.29. The van der Waals surface area contributed by atoms with E-state index in [1.165, 1.54) is 0 Å². The summed E-state index contributed by atoms with van der Waals surface area (Å²) < 4.78 is 5.52. The van der Waals surface area contributed by atoms with Crippen LogP contribution >= 0.6 is 46.4 Å². The van der Waals surface area contributed by atoms with Crippen LogP contribution < -0.4 is 10.2 Å². The Kier molecular flexibility index (Phi) is 6.85. The van der Waals surface area contributed by atoms with Crippen molar-refractivity contribution in [2.75, 3.05) is 12.0 Å². The van der Waals surface area contributed by atoms with Gasteiger partial charge in [0.2, 0.25) is 0 Å². The van der Waals surface area contributed by atoms with Crippen molar-refractivity contribution in [1.29, 1.82) is 0 Å². The summed E-state index contributed by atoms with van der Waals surface area (Å²) in [6.45, 7) is 2.57. The van der Waals surface area contributed by atoms with Crippen molar-refractivity contribution >= 4 is 58.3 Å². The first-order chi connectivity index (χ1) is 11.0. The monoisotopic (exact) mass is 390 g/mol. The van der Waals surface area contributed by atoms with Gasteiger partial charge >= 0.3 is 0 Å². The van der Waals surface area contributed by atoms with Gasteiger partial charge in [-0.15, -0.1) is 0 Å². The topological polar surface area (TPSA) is 33.6 Å². The van der Waals surface area contributed by atoms with Gasteiger partial charge < -0.3 is 4.74 Å². The van der Waals surface area contributed by atoms with Gasteiger partial charge in [0.15, 0.2) is 5.75 Å². The SMILES string of the molecule is CCCOc1c(Cl)cc(C=NNc2ccc(Cl)c(Cl)c2)cc1Cl. The average molecular weight is 392 g/mol. The van der Waals surface area contributed by atoms with E-state index in [2.05, 4.69) is 10.5 Å². The molecule has 0 aromatic heterocycles. The highest BCUT2D eigenvalue weighted by Gasteiger charge is 2.08. The Bertz CT molecular complexity index is 696. The molecule has 0 aliphatic carbocycles. The molecule has 0 atom stereocenters. The smallest absolute Gasteiger partial charge is 0.156 e. The van der Waals surface area contributed by atoms with Crippen LogP contribution in [-0.4, -0.2) is 12.8 Å². The highest BCUT2D eigenvalue weighted by atomic mass is 35.5. The van der Waals surface area contributed by atoms with E-state index in [9.17, 15) is 0 Å². The van der Waals surface area contributed by atoms with Crippen LogP contribution in [0.2, 0.25) is 20.1 Å². The number of hydrazone groups is 1. The summed E-state index contributed by atoms with van der Waals surface area (Å²) in [5, 5.41) is 5.96. The molecule has 0 saturated heterocycles. The first kappa shape index (κ1) is 18.2. The normalized spacial score (nSPS) is 11.0. The lowest BCUT2D eigenvalue weighted by molar-refractivity contribution is 0.318. The molecule has 23 heavy (non-hydrogen) atoms. The molecule has 2 aromatic rings. The van der Waals surface area contributed by atoms with Crippen LogP contribution in [0.25, 0.3) is 0 Å². The largest absolute Gasteiger partial charge is 0.490 e. The van der Waals surface area contributed by atoms with Gasteiger partial charge in [0.05, 0.1) is 38.6 Å². The molecule has 122 valence electrons. The maximum absolute atomic E-state index is 6.18. The van der Waals surface area contributed by atoms with Crippen LogP contribution in [0.4, 0.5) is 5.69 Å². The second kappa shape index (κ2) is 8.65. The molecule has 0 aliphatic rings. The Balaban J connectivity index is 2.08. The van der Waals surface area contributed by atoms with Crippen LogP contribution in [-0.2, 0) is 0 Å². The molecule has 0 saturated carbocycles. The van der Waals surface area contributed by atoms with Crippen LogP contribution in [0.5, 0.6) is 5.75 Å². The standard InChI is InChI=1S/C16H14Cl4N2O/c1-2-5-23-16-14(19)6-10(7-15(16)20)9-21-22-11-3-4-12(17)13(18)8-11/h3-4,6-9,22H,2,5H2,1H3.